The fourth-order valence-corrected chi connectivity index (χ4v) is 3.30. The molecule has 27 heavy (non-hydrogen) atoms. The van der Waals surface area contributed by atoms with Crippen LogP contribution in [0.25, 0.3) is 0 Å². The van der Waals surface area contributed by atoms with Crippen LogP contribution in [0.5, 0.6) is 0 Å². The Morgan fingerprint density at radius 1 is 1.19 bits per heavy atom. The highest BCUT2D eigenvalue weighted by molar-refractivity contribution is 6.32. The van der Waals surface area contributed by atoms with Crippen LogP contribution in [-0.2, 0) is 15.1 Å². The van der Waals surface area contributed by atoms with Crippen molar-refractivity contribution in [1.29, 1.82) is 0 Å². The molecule has 0 unspecified atom stereocenters. The largest absolute Gasteiger partial charge is 0.326 e. The van der Waals surface area contributed by atoms with Crippen LogP contribution >= 0.6 is 11.6 Å². The molecule has 0 saturated carbocycles. The van der Waals surface area contributed by atoms with Crippen LogP contribution in [0.3, 0.4) is 0 Å². The molecule has 140 valence electrons. The number of rotatable bonds is 4. The second-order valence-corrected chi connectivity index (χ2v) is 6.76. The molecule has 2 atom stereocenters. The van der Waals surface area contributed by atoms with Gasteiger partial charge in [-0.1, -0.05) is 41.9 Å². The van der Waals surface area contributed by atoms with E-state index >= 15 is 0 Å². The Labute approximate surface area is 160 Å². The Balaban J connectivity index is 1.85. The topological polar surface area (TPSA) is 78.5 Å². The van der Waals surface area contributed by atoms with Gasteiger partial charge in [-0.25, -0.2) is 14.1 Å². The van der Waals surface area contributed by atoms with E-state index in [-0.39, 0.29) is 5.69 Å². The molecule has 0 aliphatic carbocycles. The van der Waals surface area contributed by atoms with Crippen molar-refractivity contribution in [2.75, 3.05) is 5.32 Å². The van der Waals surface area contributed by atoms with Crippen molar-refractivity contribution in [2.45, 2.75) is 25.4 Å². The van der Waals surface area contributed by atoms with Gasteiger partial charge in [0, 0.05) is 10.6 Å². The molecular weight excluding hydrogens is 373 g/mol. The van der Waals surface area contributed by atoms with Crippen LogP contribution in [0.2, 0.25) is 5.02 Å². The molecule has 1 aliphatic rings. The molecule has 0 bridgehead atoms. The molecule has 1 aliphatic heterocycles. The molecule has 3 rings (SSSR count). The number of carbonyl (C=O) groups excluding carboxylic acids is 3. The molecule has 2 aromatic carbocycles. The normalized spacial score (nSPS) is 20.4. The monoisotopic (exact) mass is 389 g/mol. The van der Waals surface area contributed by atoms with E-state index in [1.807, 2.05) is 0 Å². The summed E-state index contributed by atoms with van der Waals surface area (Å²) in [7, 11) is 0. The van der Waals surface area contributed by atoms with Gasteiger partial charge in [0.2, 0.25) is 5.91 Å². The van der Waals surface area contributed by atoms with Crippen molar-refractivity contribution >= 4 is 35.1 Å². The Morgan fingerprint density at radius 3 is 2.48 bits per heavy atom. The highest BCUT2D eigenvalue weighted by Crippen LogP contribution is 2.34. The van der Waals surface area contributed by atoms with Gasteiger partial charge in [0.05, 0.1) is 5.69 Å². The minimum absolute atomic E-state index is 0.0322. The van der Waals surface area contributed by atoms with Gasteiger partial charge in [-0.15, -0.1) is 0 Å². The summed E-state index contributed by atoms with van der Waals surface area (Å²) < 4.78 is 13.7. The third kappa shape index (κ3) is 3.26. The van der Waals surface area contributed by atoms with E-state index < -0.39 is 35.2 Å². The smallest absolute Gasteiger partial charge is 0.322 e. The van der Waals surface area contributed by atoms with Crippen molar-refractivity contribution in [2.24, 2.45) is 0 Å². The fraction of sp³-hybridized carbons (Fsp3) is 0.211. The lowest BCUT2D eigenvalue weighted by molar-refractivity contribution is -0.136. The third-order valence-electron chi connectivity index (χ3n) is 4.53. The molecule has 1 saturated heterocycles. The summed E-state index contributed by atoms with van der Waals surface area (Å²) in [4.78, 5) is 38.7. The average Bonchev–Trinajstić information content (AvgIpc) is 2.86. The van der Waals surface area contributed by atoms with Crippen molar-refractivity contribution in [3.05, 3.63) is 64.9 Å². The van der Waals surface area contributed by atoms with E-state index in [1.165, 1.54) is 32.0 Å². The van der Waals surface area contributed by atoms with Crippen molar-refractivity contribution in [3.8, 4) is 0 Å². The van der Waals surface area contributed by atoms with Crippen molar-refractivity contribution in [1.82, 2.24) is 10.2 Å². The lowest BCUT2D eigenvalue weighted by Crippen LogP contribution is -2.47. The first-order valence-electron chi connectivity index (χ1n) is 8.22. The van der Waals surface area contributed by atoms with Crippen LogP contribution in [0, 0.1) is 5.82 Å². The summed E-state index contributed by atoms with van der Waals surface area (Å²) in [5.41, 5.74) is -1.01. The number of amides is 4. The SMILES string of the molecule is C[C@@H](C(=O)Nc1ccccc1F)N1C(=O)N[C@@](C)(c2ccccc2Cl)C1=O. The number of nitrogens with zero attached hydrogens (tertiary/aromatic N) is 1. The average molecular weight is 390 g/mol. The van der Waals surface area contributed by atoms with Crippen LogP contribution in [0.1, 0.15) is 19.4 Å². The van der Waals surface area contributed by atoms with Gasteiger partial charge >= 0.3 is 6.03 Å². The number of halogens is 2. The van der Waals surface area contributed by atoms with Gasteiger partial charge < -0.3 is 10.6 Å². The Kier molecular flexibility index (Phi) is 4.89. The molecular formula is C19H17ClFN3O3. The molecule has 2 N–H and O–H groups in total. The maximum atomic E-state index is 13.7. The lowest BCUT2D eigenvalue weighted by atomic mass is 9.91. The van der Waals surface area contributed by atoms with Crippen LogP contribution in [0.4, 0.5) is 14.9 Å². The quantitative estimate of drug-likeness (QED) is 0.788. The Morgan fingerprint density at radius 2 is 1.81 bits per heavy atom. The standard InChI is InChI=1S/C19H17ClFN3O3/c1-11(16(25)22-15-10-6-5-9-14(15)21)24-17(26)19(2,23-18(24)27)12-7-3-4-8-13(12)20/h3-11H,1-2H3,(H,22,25)(H,23,27)/t11-,19-/m0/s1. The highest BCUT2D eigenvalue weighted by Gasteiger charge is 2.52. The van der Waals surface area contributed by atoms with Crippen molar-refractivity contribution < 1.29 is 18.8 Å². The van der Waals surface area contributed by atoms with Gasteiger partial charge in [-0.3, -0.25) is 9.59 Å². The van der Waals surface area contributed by atoms with E-state index in [0.29, 0.717) is 10.6 Å². The summed E-state index contributed by atoms with van der Waals surface area (Å²) in [6.07, 6.45) is 0. The lowest BCUT2D eigenvalue weighted by Gasteiger charge is -2.25. The minimum Gasteiger partial charge on any atom is -0.322 e. The first-order valence-corrected chi connectivity index (χ1v) is 8.59. The number of hydrogen-bond donors (Lipinski definition) is 2. The minimum atomic E-state index is -1.40. The molecule has 1 fully saturated rings. The number of imide groups is 1. The molecule has 2 aromatic rings. The number of urea groups is 1. The summed E-state index contributed by atoms with van der Waals surface area (Å²) >= 11 is 6.18. The summed E-state index contributed by atoms with van der Waals surface area (Å²) in [5.74, 6) is -1.92. The van der Waals surface area contributed by atoms with E-state index in [1.54, 1.807) is 30.3 Å². The van der Waals surface area contributed by atoms with Crippen LogP contribution < -0.4 is 10.6 Å². The van der Waals surface area contributed by atoms with Gasteiger partial charge in [0.1, 0.15) is 17.4 Å². The number of nitrogens with one attached hydrogen (secondary N) is 2. The number of carbonyl (C=O) groups is 3. The summed E-state index contributed by atoms with van der Waals surface area (Å²) in [6, 6.07) is 10.4. The number of para-hydroxylation sites is 1. The summed E-state index contributed by atoms with van der Waals surface area (Å²) in [5, 5.41) is 5.31. The zero-order valence-corrected chi connectivity index (χ0v) is 15.4. The zero-order valence-electron chi connectivity index (χ0n) is 14.6. The highest BCUT2D eigenvalue weighted by atomic mass is 35.5. The number of benzene rings is 2. The van der Waals surface area contributed by atoms with Crippen LogP contribution in [0.15, 0.2) is 48.5 Å². The predicted octanol–water partition coefficient (Wildman–Crippen LogP) is 3.27. The van der Waals surface area contributed by atoms with E-state index in [2.05, 4.69) is 10.6 Å². The van der Waals surface area contributed by atoms with Crippen molar-refractivity contribution in [3.63, 3.8) is 0 Å². The van der Waals surface area contributed by atoms with E-state index in [9.17, 15) is 18.8 Å². The Hall–Kier alpha value is -2.93. The maximum absolute atomic E-state index is 13.7. The van der Waals surface area contributed by atoms with Gasteiger partial charge in [-0.2, -0.15) is 0 Å². The second-order valence-electron chi connectivity index (χ2n) is 6.36. The number of anilines is 1. The number of hydrogen-bond acceptors (Lipinski definition) is 3. The van der Waals surface area contributed by atoms with Gasteiger partial charge in [0.25, 0.3) is 5.91 Å². The van der Waals surface area contributed by atoms with E-state index in [4.69, 9.17) is 11.6 Å². The predicted molar refractivity (Wildman–Crippen MR) is 98.7 cm³/mol. The van der Waals surface area contributed by atoms with Gasteiger partial charge in [-0.05, 0) is 32.0 Å². The molecule has 4 amide bonds. The molecule has 6 nitrogen and oxygen atoms in total. The summed E-state index contributed by atoms with van der Waals surface area (Å²) in [6.45, 7) is 2.92. The van der Waals surface area contributed by atoms with Crippen LogP contribution in [-0.4, -0.2) is 28.8 Å². The molecule has 0 aromatic heterocycles. The second kappa shape index (κ2) is 7.00. The maximum Gasteiger partial charge on any atom is 0.326 e. The molecule has 1 heterocycles. The molecule has 0 radical (unpaired) electrons. The first kappa shape index (κ1) is 18.8. The van der Waals surface area contributed by atoms with E-state index in [0.717, 1.165) is 4.90 Å². The fourth-order valence-electron chi connectivity index (χ4n) is 2.98. The van der Waals surface area contributed by atoms with Gasteiger partial charge in [0.15, 0.2) is 0 Å². The Bertz CT molecular complexity index is 936. The first-order chi connectivity index (χ1) is 12.8. The third-order valence-corrected chi connectivity index (χ3v) is 4.86. The molecule has 0 spiro atoms. The molecule has 8 heteroatoms. The zero-order chi connectivity index (χ0) is 19.8.